The zero-order valence-electron chi connectivity index (χ0n) is 17.1. The van der Waals surface area contributed by atoms with E-state index in [1.807, 2.05) is 4.90 Å². The van der Waals surface area contributed by atoms with E-state index in [4.69, 9.17) is 4.74 Å². The molecule has 0 aromatic rings. The van der Waals surface area contributed by atoms with Crippen LogP contribution in [-0.2, 0) is 14.3 Å². The van der Waals surface area contributed by atoms with Crippen molar-refractivity contribution < 1.29 is 14.3 Å². The lowest BCUT2D eigenvalue weighted by Crippen LogP contribution is -2.56. The van der Waals surface area contributed by atoms with Crippen LogP contribution >= 0.6 is 0 Å². The van der Waals surface area contributed by atoms with Crippen molar-refractivity contribution in [1.82, 2.24) is 15.1 Å². The molecule has 3 saturated heterocycles. The van der Waals surface area contributed by atoms with E-state index in [1.165, 1.54) is 5.57 Å². The van der Waals surface area contributed by atoms with Crippen LogP contribution in [0.2, 0.25) is 0 Å². The Morgan fingerprint density at radius 2 is 2.04 bits per heavy atom. The Bertz CT molecular complexity index is 567. The highest BCUT2D eigenvalue weighted by molar-refractivity contribution is 5.84. The summed E-state index contributed by atoms with van der Waals surface area (Å²) in [5.41, 5.74) is 1.27. The second-order valence-corrected chi connectivity index (χ2v) is 8.55. The summed E-state index contributed by atoms with van der Waals surface area (Å²) < 4.78 is 5.40. The van der Waals surface area contributed by atoms with E-state index in [9.17, 15) is 9.59 Å². The minimum atomic E-state index is -0.0767. The Labute approximate surface area is 163 Å². The number of fused-ring (bicyclic) bond motifs is 1. The number of ether oxygens (including phenoxy) is 1. The molecular formula is C21H35N3O3. The maximum atomic E-state index is 12.9. The van der Waals surface area contributed by atoms with E-state index >= 15 is 0 Å². The highest BCUT2D eigenvalue weighted by Crippen LogP contribution is 2.35. The molecule has 2 amide bonds. The van der Waals surface area contributed by atoms with Gasteiger partial charge in [-0.2, -0.15) is 0 Å². The van der Waals surface area contributed by atoms with Crippen LogP contribution in [0.1, 0.15) is 46.5 Å². The highest BCUT2D eigenvalue weighted by Gasteiger charge is 2.48. The molecular weight excluding hydrogens is 342 g/mol. The highest BCUT2D eigenvalue weighted by atomic mass is 16.5. The van der Waals surface area contributed by atoms with Crippen molar-refractivity contribution in [3.63, 3.8) is 0 Å². The van der Waals surface area contributed by atoms with Crippen LogP contribution in [0.3, 0.4) is 0 Å². The third-order valence-corrected chi connectivity index (χ3v) is 6.28. The predicted molar refractivity (Wildman–Crippen MR) is 105 cm³/mol. The molecule has 3 fully saturated rings. The molecule has 6 nitrogen and oxygen atoms in total. The fraction of sp³-hybridized carbons (Fsp3) is 0.810. The van der Waals surface area contributed by atoms with Gasteiger partial charge >= 0.3 is 0 Å². The summed E-state index contributed by atoms with van der Waals surface area (Å²) in [6.45, 7) is 10.7. The first-order chi connectivity index (χ1) is 13.0. The van der Waals surface area contributed by atoms with Crippen molar-refractivity contribution in [2.24, 2.45) is 11.8 Å². The number of amides is 2. The first-order valence-corrected chi connectivity index (χ1v) is 10.5. The minimum Gasteiger partial charge on any atom is -0.381 e. The van der Waals surface area contributed by atoms with Gasteiger partial charge in [0.25, 0.3) is 0 Å². The lowest BCUT2D eigenvalue weighted by Gasteiger charge is -2.39. The van der Waals surface area contributed by atoms with Crippen LogP contribution in [0.25, 0.3) is 0 Å². The second-order valence-electron chi connectivity index (χ2n) is 8.55. The molecule has 152 valence electrons. The summed E-state index contributed by atoms with van der Waals surface area (Å²) in [6, 6.07) is 0.211. The fourth-order valence-corrected chi connectivity index (χ4v) is 4.76. The van der Waals surface area contributed by atoms with Crippen molar-refractivity contribution in [2.45, 2.75) is 58.5 Å². The molecule has 0 spiro atoms. The number of carbonyl (C=O) groups excluding carboxylic acids is 2. The van der Waals surface area contributed by atoms with Gasteiger partial charge in [0.15, 0.2) is 0 Å². The zero-order valence-corrected chi connectivity index (χ0v) is 17.1. The molecule has 6 heteroatoms. The Kier molecular flexibility index (Phi) is 6.93. The van der Waals surface area contributed by atoms with E-state index in [0.717, 1.165) is 58.5 Å². The Morgan fingerprint density at radius 1 is 1.30 bits per heavy atom. The van der Waals surface area contributed by atoms with E-state index < -0.39 is 0 Å². The number of nitrogens with zero attached hydrogens (tertiary/aromatic N) is 2. The Balaban J connectivity index is 1.59. The van der Waals surface area contributed by atoms with Gasteiger partial charge in [0, 0.05) is 44.9 Å². The number of piperazine rings is 1. The zero-order chi connectivity index (χ0) is 19.4. The molecule has 3 aliphatic heterocycles. The SMILES string of the molecule is CC[C@@H]1[C@H](C(=O)NCC2CCOCC2)C[C@@H]2CN(CC=C(C)C)CC(=O)N21. The quantitative estimate of drug-likeness (QED) is 0.717. The minimum absolute atomic E-state index is 0.0443. The van der Waals surface area contributed by atoms with Gasteiger partial charge in [-0.05, 0) is 45.4 Å². The molecule has 3 atom stereocenters. The predicted octanol–water partition coefficient (Wildman–Crippen LogP) is 1.81. The fourth-order valence-electron chi connectivity index (χ4n) is 4.76. The molecule has 3 heterocycles. The van der Waals surface area contributed by atoms with Crippen LogP contribution < -0.4 is 5.32 Å². The maximum absolute atomic E-state index is 12.9. The molecule has 0 aromatic carbocycles. The molecule has 0 unspecified atom stereocenters. The maximum Gasteiger partial charge on any atom is 0.237 e. The van der Waals surface area contributed by atoms with Crippen molar-refractivity contribution in [1.29, 1.82) is 0 Å². The van der Waals surface area contributed by atoms with Crippen LogP contribution in [0.15, 0.2) is 11.6 Å². The van der Waals surface area contributed by atoms with E-state index in [1.54, 1.807) is 0 Å². The first kappa shape index (κ1) is 20.3. The molecule has 1 N–H and O–H groups in total. The van der Waals surface area contributed by atoms with Gasteiger partial charge in [0.1, 0.15) is 0 Å². The summed E-state index contributed by atoms with van der Waals surface area (Å²) in [5.74, 6) is 0.756. The van der Waals surface area contributed by atoms with Crippen molar-refractivity contribution >= 4 is 11.8 Å². The number of hydrogen-bond donors (Lipinski definition) is 1. The van der Waals surface area contributed by atoms with Crippen LogP contribution in [-0.4, -0.2) is 73.1 Å². The molecule has 0 bridgehead atoms. The van der Waals surface area contributed by atoms with Crippen molar-refractivity contribution in [3.05, 3.63) is 11.6 Å². The molecule has 3 aliphatic rings. The molecule has 0 saturated carbocycles. The number of rotatable bonds is 6. The van der Waals surface area contributed by atoms with Gasteiger partial charge in [-0.1, -0.05) is 18.6 Å². The third-order valence-electron chi connectivity index (χ3n) is 6.28. The third kappa shape index (κ3) is 4.91. The molecule has 0 aromatic heterocycles. The lowest BCUT2D eigenvalue weighted by molar-refractivity contribution is -0.140. The average molecular weight is 378 g/mol. The van der Waals surface area contributed by atoms with Crippen LogP contribution in [0, 0.1) is 11.8 Å². The lowest BCUT2D eigenvalue weighted by atomic mass is 9.95. The Morgan fingerprint density at radius 3 is 2.70 bits per heavy atom. The molecule has 0 radical (unpaired) electrons. The van der Waals surface area contributed by atoms with Gasteiger partial charge in [-0.25, -0.2) is 0 Å². The van der Waals surface area contributed by atoms with Crippen LogP contribution in [0.5, 0.6) is 0 Å². The average Bonchev–Trinajstić information content (AvgIpc) is 3.04. The second kappa shape index (κ2) is 9.20. The number of nitrogens with one attached hydrogen (secondary N) is 1. The van der Waals surface area contributed by atoms with Gasteiger partial charge in [-0.3, -0.25) is 14.5 Å². The van der Waals surface area contributed by atoms with E-state index in [-0.39, 0.29) is 29.8 Å². The number of hydrogen-bond acceptors (Lipinski definition) is 4. The number of allylic oxidation sites excluding steroid dienone is 1. The summed E-state index contributed by atoms with van der Waals surface area (Å²) in [4.78, 5) is 29.9. The van der Waals surface area contributed by atoms with E-state index in [0.29, 0.717) is 12.5 Å². The topological polar surface area (TPSA) is 61.9 Å². The van der Waals surface area contributed by atoms with Gasteiger partial charge < -0.3 is 15.0 Å². The van der Waals surface area contributed by atoms with Gasteiger partial charge in [0.05, 0.1) is 12.5 Å². The van der Waals surface area contributed by atoms with Crippen molar-refractivity contribution in [3.8, 4) is 0 Å². The normalized spacial score (nSPS) is 29.5. The Hall–Kier alpha value is -1.40. The summed E-state index contributed by atoms with van der Waals surface area (Å²) in [6.07, 6.45) is 5.84. The summed E-state index contributed by atoms with van der Waals surface area (Å²) in [5, 5.41) is 3.18. The van der Waals surface area contributed by atoms with E-state index in [2.05, 4.69) is 37.1 Å². The van der Waals surface area contributed by atoms with Crippen LogP contribution in [0.4, 0.5) is 0 Å². The van der Waals surface area contributed by atoms with Crippen molar-refractivity contribution in [2.75, 3.05) is 39.4 Å². The number of carbonyl (C=O) groups is 2. The molecule has 27 heavy (non-hydrogen) atoms. The first-order valence-electron chi connectivity index (χ1n) is 10.5. The standard InChI is InChI=1S/C21H35N3O3/c1-4-19-18(21(26)22-12-16-6-9-27-10-7-16)11-17-13-23(8-5-15(2)3)14-20(25)24(17)19/h5,16-19H,4,6-14H2,1-3H3,(H,22,26)/t17-,18-,19-/m1/s1. The summed E-state index contributed by atoms with van der Waals surface area (Å²) in [7, 11) is 0. The smallest absolute Gasteiger partial charge is 0.237 e. The van der Waals surface area contributed by atoms with Gasteiger partial charge in [0.2, 0.25) is 11.8 Å². The largest absolute Gasteiger partial charge is 0.381 e. The van der Waals surface area contributed by atoms with Gasteiger partial charge in [-0.15, -0.1) is 0 Å². The summed E-state index contributed by atoms with van der Waals surface area (Å²) >= 11 is 0. The molecule has 0 aliphatic carbocycles. The monoisotopic (exact) mass is 377 g/mol. The molecule has 3 rings (SSSR count).